The molecule has 7 heteroatoms. The lowest BCUT2D eigenvalue weighted by Gasteiger charge is -2.25. The van der Waals surface area contributed by atoms with Crippen molar-refractivity contribution in [2.75, 3.05) is 29.5 Å². The Kier molecular flexibility index (Phi) is 3.38. The molecule has 2 aromatic rings. The van der Waals surface area contributed by atoms with Crippen molar-refractivity contribution in [3.8, 4) is 5.88 Å². The van der Waals surface area contributed by atoms with E-state index < -0.39 is 0 Å². The van der Waals surface area contributed by atoms with E-state index >= 15 is 0 Å². The van der Waals surface area contributed by atoms with Crippen LogP contribution in [0.4, 0.5) is 5.13 Å². The van der Waals surface area contributed by atoms with Gasteiger partial charge in [0.25, 0.3) is 5.91 Å². The smallest absolute Gasteiger partial charge is 0.279 e. The fraction of sp³-hybridized carbons (Fsp3) is 0.267. The van der Waals surface area contributed by atoms with Crippen LogP contribution in [0.1, 0.15) is 4.88 Å². The molecule has 0 atom stereocenters. The lowest BCUT2D eigenvalue weighted by atomic mass is 10.1. The van der Waals surface area contributed by atoms with Gasteiger partial charge in [0.2, 0.25) is 5.88 Å². The van der Waals surface area contributed by atoms with Crippen LogP contribution in [0.25, 0.3) is 5.57 Å². The monoisotopic (exact) mass is 331 g/mol. The van der Waals surface area contributed by atoms with E-state index in [4.69, 9.17) is 0 Å². The molecule has 4 rings (SSSR count). The largest absolute Gasteiger partial charge is 0.492 e. The third kappa shape index (κ3) is 2.21. The summed E-state index contributed by atoms with van der Waals surface area (Å²) < 4.78 is 0. The van der Waals surface area contributed by atoms with Crippen LogP contribution < -0.4 is 15.5 Å². The Labute approximate surface area is 135 Å². The third-order valence-corrected chi connectivity index (χ3v) is 5.78. The number of anilines is 1. The predicted octanol–water partition coefficient (Wildman–Crippen LogP) is 0.761. The molecule has 1 aromatic carbocycles. The van der Waals surface area contributed by atoms with Gasteiger partial charge in [0.05, 0.1) is 10.9 Å². The number of thiazole rings is 1. The number of thioether (sulfide) groups is 1. The second kappa shape index (κ2) is 5.40. The molecule has 0 saturated carbocycles. The molecule has 0 aliphatic carbocycles. The number of hydrogen-bond donors (Lipinski definition) is 1. The van der Waals surface area contributed by atoms with Crippen LogP contribution >= 0.6 is 23.1 Å². The zero-order chi connectivity index (χ0) is 15.1. The maximum atomic E-state index is 12.2. The lowest BCUT2D eigenvalue weighted by Crippen LogP contribution is -2.32. The first kappa shape index (κ1) is 13.8. The average Bonchev–Trinajstić information content (AvgIpc) is 3.07. The summed E-state index contributed by atoms with van der Waals surface area (Å²) in [5.41, 5.74) is 0.461. The van der Waals surface area contributed by atoms with Crippen molar-refractivity contribution >= 4 is 39.7 Å². The van der Waals surface area contributed by atoms with Crippen LogP contribution in [0, 0.1) is 0 Å². The van der Waals surface area contributed by atoms with Gasteiger partial charge in [-0.05, 0) is 6.07 Å². The van der Waals surface area contributed by atoms with Gasteiger partial charge in [-0.1, -0.05) is 29.5 Å². The van der Waals surface area contributed by atoms with E-state index in [0.717, 1.165) is 34.9 Å². The van der Waals surface area contributed by atoms with Crippen molar-refractivity contribution < 1.29 is 9.90 Å². The first-order valence-electron chi connectivity index (χ1n) is 6.99. The first-order chi connectivity index (χ1) is 10.7. The van der Waals surface area contributed by atoms with E-state index in [1.165, 1.54) is 11.3 Å². The van der Waals surface area contributed by atoms with E-state index in [-0.39, 0.29) is 11.8 Å². The molecule has 22 heavy (non-hydrogen) atoms. The fourth-order valence-electron chi connectivity index (χ4n) is 2.64. The van der Waals surface area contributed by atoms with Crippen molar-refractivity contribution in [2.24, 2.45) is 4.99 Å². The van der Waals surface area contributed by atoms with E-state index in [0.29, 0.717) is 15.8 Å². The summed E-state index contributed by atoms with van der Waals surface area (Å²) in [6.45, 7) is 1.84. The van der Waals surface area contributed by atoms with Crippen LogP contribution in [0.2, 0.25) is 0 Å². The number of fused-ring (bicyclic) bond motifs is 1. The third-order valence-electron chi connectivity index (χ3n) is 3.72. The summed E-state index contributed by atoms with van der Waals surface area (Å²) >= 11 is 3.29. The topological polar surface area (TPSA) is 65.8 Å². The molecule has 0 bridgehead atoms. The number of rotatable bonds is 2. The zero-order valence-electron chi connectivity index (χ0n) is 11.7. The van der Waals surface area contributed by atoms with Crippen molar-refractivity contribution in [3.63, 3.8) is 0 Å². The van der Waals surface area contributed by atoms with Gasteiger partial charge >= 0.3 is 0 Å². The van der Waals surface area contributed by atoms with Gasteiger partial charge in [-0.25, -0.2) is 4.99 Å². The van der Waals surface area contributed by atoms with Gasteiger partial charge in [0.15, 0.2) is 5.13 Å². The zero-order valence-corrected chi connectivity index (χ0v) is 13.3. The Morgan fingerprint density at radius 2 is 1.95 bits per heavy atom. The fourth-order valence-corrected chi connectivity index (χ4v) is 4.60. The van der Waals surface area contributed by atoms with Crippen LogP contribution in [-0.2, 0) is 4.79 Å². The number of hydrogen-bond acceptors (Lipinski definition) is 6. The SMILES string of the molecule is O=C1N=c2ccccc2=C1c1sc(N2CCSCC2)nc1O. The molecule has 0 spiro atoms. The molecule has 2 aliphatic rings. The number of para-hydroxylation sites is 1. The number of aromatic hydroxyl groups is 1. The molecule has 5 nitrogen and oxygen atoms in total. The summed E-state index contributed by atoms with van der Waals surface area (Å²) in [6.07, 6.45) is 0. The molecule has 1 saturated heterocycles. The second-order valence-electron chi connectivity index (χ2n) is 5.06. The van der Waals surface area contributed by atoms with Gasteiger partial charge in [-0.2, -0.15) is 16.7 Å². The van der Waals surface area contributed by atoms with Crippen LogP contribution in [0.5, 0.6) is 5.88 Å². The van der Waals surface area contributed by atoms with E-state index in [9.17, 15) is 9.90 Å². The van der Waals surface area contributed by atoms with Gasteiger partial charge in [-0.15, -0.1) is 0 Å². The normalized spacial score (nSPS) is 17.5. The molecule has 1 N–H and O–H groups in total. The Morgan fingerprint density at radius 3 is 2.77 bits per heavy atom. The highest BCUT2D eigenvalue weighted by Crippen LogP contribution is 2.36. The molecule has 1 aromatic heterocycles. The van der Waals surface area contributed by atoms with Gasteiger partial charge in [0.1, 0.15) is 4.88 Å². The van der Waals surface area contributed by atoms with Gasteiger partial charge in [0, 0.05) is 29.8 Å². The minimum Gasteiger partial charge on any atom is -0.492 e. The second-order valence-corrected chi connectivity index (χ2v) is 7.26. The summed E-state index contributed by atoms with van der Waals surface area (Å²) in [5.74, 6) is 1.74. The Hall–Kier alpha value is -1.86. The lowest BCUT2D eigenvalue weighted by molar-refractivity contribution is -0.112. The molecule has 3 heterocycles. The standard InChI is InChI=1S/C15H13N3O2S2/c19-13-11(9-3-1-2-4-10(9)16-13)12-14(20)17-15(22-12)18-5-7-21-8-6-18/h1-4,20H,5-8H2. The summed E-state index contributed by atoms with van der Waals surface area (Å²) in [4.78, 5) is 23.2. The molecular formula is C15H13N3O2S2. The summed E-state index contributed by atoms with van der Waals surface area (Å²) in [5, 5.41) is 12.4. The highest BCUT2D eigenvalue weighted by molar-refractivity contribution is 7.99. The minimum absolute atomic E-state index is 0.0755. The Bertz CT molecular complexity index is 869. The maximum Gasteiger partial charge on any atom is 0.279 e. The number of carbonyl (C=O) groups is 1. The molecule has 2 aliphatic heterocycles. The first-order valence-corrected chi connectivity index (χ1v) is 8.96. The van der Waals surface area contributed by atoms with Crippen LogP contribution in [-0.4, -0.2) is 40.6 Å². The quantitative estimate of drug-likeness (QED) is 0.880. The number of benzene rings is 1. The van der Waals surface area contributed by atoms with Crippen molar-refractivity contribution in [2.45, 2.75) is 0 Å². The molecule has 1 fully saturated rings. The highest BCUT2D eigenvalue weighted by Gasteiger charge is 2.26. The van der Waals surface area contributed by atoms with E-state index in [1.54, 1.807) is 6.07 Å². The van der Waals surface area contributed by atoms with Crippen molar-refractivity contribution in [3.05, 3.63) is 39.7 Å². The summed E-state index contributed by atoms with van der Waals surface area (Å²) in [7, 11) is 0. The number of carbonyl (C=O) groups excluding carboxylic acids is 1. The van der Waals surface area contributed by atoms with Crippen LogP contribution in [0.15, 0.2) is 29.3 Å². The Morgan fingerprint density at radius 1 is 1.18 bits per heavy atom. The van der Waals surface area contributed by atoms with E-state index in [1.807, 2.05) is 30.0 Å². The molecule has 1 amide bonds. The molecule has 112 valence electrons. The average molecular weight is 331 g/mol. The van der Waals surface area contributed by atoms with Gasteiger partial charge < -0.3 is 10.0 Å². The van der Waals surface area contributed by atoms with Gasteiger partial charge in [-0.3, -0.25) is 4.79 Å². The number of nitrogens with zero attached hydrogens (tertiary/aromatic N) is 3. The van der Waals surface area contributed by atoms with E-state index in [2.05, 4.69) is 14.9 Å². The van der Waals surface area contributed by atoms with Crippen LogP contribution in [0.3, 0.4) is 0 Å². The minimum atomic E-state index is -0.305. The maximum absolute atomic E-state index is 12.2. The molecule has 0 radical (unpaired) electrons. The van der Waals surface area contributed by atoms with Crippen molar-refractivity contribution in [1.82, 2.24) is 4.98 Å². The predicted molar refractivity (Wildman–Crippen MR) is 88.1 cm³/mol. The molecule has 0 unspecified atom stereocenters. The Balaban J connectivity index is 1.83. The summed E-state index contributed by atoms with van der Waals surface area (Å²) in [6, 6.07) is 7.38. The number of amides is 1. The highest BCUT2D eigenvalue weighted by atomic mass is 32.2. The number of aromatic nitrogens is 1. The van der Waals surface area contributed by atoms with Crippen molar-refractivity contribution in [1.29, 1.82) is 0 Å². The molecular weight excluding hydrogens is 318 g/mol.